The van der Waals surface area contributed by atoms with Crippen molar-refractivity contribution in [3.8, 4) is 5.75 Å². The number of hydrogen-bond acceptors (Lipinski definition) is 3. The van der Waals surface area contributed by atoms with Gasteiger partial charge in [0.25, 0.3) is 0 Å². The molecule has 0 spiro atoms. The zero-order valence-electron chi connectivity index (χ0n) is 13.1. The summed E-state index contributed by atoms with van der Waals surface area (Å²) in [6, 6.07) is 9.41. The van der Waals surface area contributed by atoms with Crippen LogP contribution in [0, 0.1) is 11.6 Å². The maximum atomic E-state index is 13.9. The van der Waals surface area contributed by atoms with E-state index in [0.717, 1.165) is 18.4 Å². The SMILES string of the molecule is CCCc1ccc(C(=O)Oc2ccc(COC)c(F)c2F)cc1. The molecule has 0 aliphatic heterocycles. The molecule has 0 atom stereocenters. The first-order chi connectivity index (χ1) is 11.1. The van der Waals surface area contributed by atoms with Crippen LogP contribution in [0.4, 0.5) is 8.78 Å². The van der Waals surface area contributed by atoms with Gasteiger partial charge in [-0.3, -0.25) is 0 Å². The Bertz CT molecular complexity index is 681. The van der Waals surface area contributed by atoms with Crippen molar-refractivity contribution in [3.63, 3.8) is 0 Å². The van der Waals surface area contributed by atoms with E-state index in [1.807, 2.05) is 12.1 Å². The molecule has 122 valence electrons. The van der Waals surface area contributed by atoms with E-state index in [1.165, 1.54) is 19.2 Å². The van der Waals surface area contributed by atoms with E-state index >= 15 is 0 Å². The third-order valence-electron chi connectivity index (χ3n) is 3.36. The van der Waals surface area contributed by atoms with Gasteiger partial charge in [0.1, 0.15) is 0 Å². The Balaban J connectivity index is 2.15. The van der Waals surface area contributed by atoms with Crippen LogP contribution in [-0.2, 0) is 17.8 Å². The van der Waals surface area contributed by atoms with Gasteiger partial charge in [-0.1, -0.05) is 25.5 Å². The maximum absolute atomic E-state index is 13.9. The first-order valence-corrected chi connectivity index (χ1v) is 7.33. The lowest BCUT2D eigenvalue weighted by atomic mass is 10.1. The highest BCUT2D eigenvalue weighted by molar-refractivity contribution is 5.91. The highest BCUT2D eigenvalue weighted by atomic mass is 19.2. The lowest BCUT2D eigenvalue weighted by Gasteiger charge is -2.09. The summed E-state index contributed by atoms with van der Waals surface area (Å²) in [5.74, 6) is -3.44. The number of halogens is 2. The number of esters is 1. The highest BCUT2D eigenvalue weighted by Gasteiger charge is 2.17. The summed E-state index contributed by atoms with van der Waals surface area (Å²) in [6.07, 6.45) is 1.91. The lowest BCUT2D eigenvalue weighted by molar-refractivity contribution is 0.0726. The zero-order valence-corrected chi connectivity index (χ0v) is 13.1. The fraction of sp³-hybridized carbons (Fsp3) is 0.278. The molecule has 0 saturated carbocycles. The third kappa shape index (κ3) is 4.13. The molecule has 2 aromatic rings. The number of carbonyl (C=O) groups excluding carboxylic acids is 1. The summed E-state index contributed by atoms with van der Waals surface area (Å²) in [5, 5.41) is 0. The quantitative estimate of drug-likeness (QED) is 0.588. The van der Waals surface area contributed by atoms with E-state index in [1.54, 1.807) is 12.1 Å². The second-order valence-electron chi connectivity index (χ2n) is 5.12. The van der Waals surface area contributed by atoms with Crippen LogP contribution in [0.25, 0.3) is 0 Å². The molecular weight excluding hydrogens is 302 g/mol. The molecule has 0 heterocycles. The Morgan fingerprint density at radius 2 is 1.74 bits per heavy atom. The number of carbonyl (C=O) groups is 1. The smallest absolute Gasteiger partial charge is 0.343 e. The van der Waals surface area contributed by atoms with Gasteiger partial charge in [-0.15, -0.1) is 0 Å². The number of ether oxygens (including phenoxy) is 2. The second-order valence-corrected chi connectivity index (χ2v) is 5.12. The summed E-state index contributed by atoms with van der Waals surface area (Å²) in [6.45, 7) is 2.00. The second kappa shape index (κ2) is 7.83. The van der Waals surface area contributed by atoms with Crippen LogP contribution >= 0.6 is 0 Å². The molecule has 0 bridgehead atoms. The minimum atomic E-state index is -1.20. The molecule has 0 unspecified atom stereocenters. The minimum absolute atomic E-state index is 0.0597. The zero-order chi connectivity index (χ0) is 16.8. The van der Waals surface area contributed by atoms with Gasteiger partial charge in [0.2, 0.25) is 5.82 Å². The summed E-state index contributed by atoms with van der Waals surface area (Å²) < 4.78 is 37.4. The van der Waals surface area contributed by atoms with Crippen molar-refractivity contribution in [2.24, 2.45) is 0 Å². The standard InChI is InChI=1S/C18H18F2O3/c1-3-4-12-5-7-13(8-6-12)18(21)23-15-10-9-14(11-22-2)16(19)17(15)20/h5-10H,3-4,11H2,1-2H3. The normalized spacial score (nSPS) is 10.6. The van der Waals surface area contributed by atoms with Crippen molar-refractivity contribution in [1.82, 2.24) is 0 Å². The van der Waals surface area contributed by atoms with Crippen molar-refractivity contribution < 1.29 is 23.0 Å². The molecule has 0 aliphatic carbocycles. The summed E-state index contributed by atoms with van der Waals surface area (Å²) in [4.78, 5) is 12.0. The first kappa shape index (κ1) is 17.1. The van der Waals surface area contributed by atoms with Gasteiger partial charge >= 0.3 is 5.97 Å². The molecule has 0 saturated heterocycles. The molecule has 0 fully saturated rings. The van der Waals surface area contributed by atoms with Crippen molar-refractivity contribution in [2.75, 3.05) is 7.11 Å². The van der Waals surface area contributed by atoms with Gasteiger partial charge in [0.15, 0.2) is 11.6 Å². The maximum Gasteiger partial charge on any atom is 0.343 e. The summed E-state index contributed by atoms with van der Waals surface area (Å²) >= 11 is 0. The third-order valence-corrected chi connectivity index (χ3v) is 3.36. The van der Waals surface area contributed by atoms with Crippen molar-refractivity contribution in [1.29, 1.82) is 0 Å². The average Bonchev–Trinajstić information content (AvgIpc) is 2.55. The van der Waals surface area contributed by atoms with Crippen LogP contribution in [0.1, 0.15) is 34.8 Å². The largest absolute Gasteiger partial charge is 0.420 e. The summed E-state index contributed by atoms with van der Waals surface area (Å²) in [7, 11) is 1.38. The Morgan fingerprint density at radius 3 is 2.35 bits per heavy atom. The Morgan fingerprint density at radius 1 is 1.04 bits per heavy atom. The van der Waals surface area contributed by atoms with Gasteiger partial charge in [0.05, 0.1) is 12.2 Å². The first-order valence-electron chi connectivity index (χ1n) is 7.33. The van der Waals surface area contributed by atoms with E-state index < -0.39 is 23.4 Å². The molecule has 2 rings (SSSR count). The van der Waals surface area contributed by atoms with Crippen molar-refractivity contribution >= 4 is 5.97 Å². The molecule has 0 radical (unpaired) electrons. The van der Waals surface area contributed by atoms with Gasteiger partial charge in [-0.2, -0.15) is 4.39 Å². The van der Waals surface area contributed by atoms with E-state index in [2.05, 4.69) is 6.92 Å². The molecule has 2 aromatic carbocycles. The average molecular weight is 320 g/mol. The molecule has 0 aliphatic rings. The fourth-order valence-corrected chi connectivity index (χ4v) is 2.17. The van der Waals surface area contributed by atoms with Crippen LogP contribution in [0.2, 0.25) is 0 Å². The van der Waals surface area contributed by atoms with Crippen LogP contribution < -0.4 is 4.74 Å². The molecule has 23 heavy (non-hydrogen) atoms. The molecular formula is C18H18F2O3. The number of aryl methyl sites for hydroxylation is 1. The van der Waals surface area contributed by atoms with Crippen LogP contribution in [-0.4, -0.2) is 13.1 Å². The van der Waals surface area contributed by atoms with Crippen molar-refractivity contribution in [2.45, 2.75) is 26.4 Å². The van der Waals surface area contributed by atoms with Gasteiger partial charge in [0, 0.05) is 12.7 Å². The van der Waals surface area contributed by atoms with E-state index in [0.29, 0.717) is 0 Å². The van der Waals surface area contributed by atoms with E-state index in [-0.39, 0.29) is 17.7 Å². The molecule has 0 amide bonds. The monoisotopic (exact) mass is 320 g/mol. The van der Waals surface area contributed by atoms with Crippen LogP contribution in [0.3, 0.4) is 0 Å². The Labute approximate surface area is 133 Å². The predicted molar refractivity (Wildman–Crippen MR) is 82.5 cm³/mol. The van der Waals surface area contributed by atoms with Gasteiger partial charge < -0.3 is 9.47 Å². The molecule has 0 N–H and O–H groups in total. The van der Waals surface area contributed by atoms with Crippen LogP contribution in [0.5, 0.6) is 5.75 Å². The Kier molecular flexibility index (Phi) is 5.82. The molecule has 5 heteroatoms. The number of rotatable bonds is 6. The highest BCUT2D eigenvalue weighted by Crippen LogP contribution is 2.24. The number of methoxy groups -OCH3 is 1. The minimum Gasteiger partial charge on any atom is -0.420 e. The van der Waals surface area contributed by atoms with E-state index in [4.69, 9.17) is 9.47 Å². The lowest BCUT2D eigenvalue weighted by Crippen LogP contribution is -2.11. The molecule has 0 aromatic heterocycles. The van der Waals surface area contributed by atoms with Crippen LogP contribution in [0.15, 0.2) is 36.4 Å². The van der Waals surface area contributed by atoms with Gasteiger partial charge in [-0.25, -0.2) is 9.18 Å². The molecule has 3 nitrogen and oxygen atoms in total. The number of benzene rings is 2. The number of hydrogen-bond donors (Lipinski definition) is 0. The van der Waals surface area contributed by atoms with E-state index in [9.17, 15) is 13.6 Å². The topological polar surface area (TPSA) is 35.5 Å². The predicted octanol–water partition coefficient (Wildman–Crippen LogP) is 4.28. The Hall–Kier alpha value is -2.27. The fourth-order valence-electron chi connectivity index (χ4n) is 2.17. The summed E-state index contributed by atoms with van der Waals surface area (Å²) in [5.41, 5.74) is 1.45. The van der Waals surface area contributed by atoms with Gasteiger partial charge in [-0.05, 0) is 36.2 Å². The van der Waals surface area contributed by atoms with Crippen molar-refractivity contribution in [3.05, 3.63) is 64.7 Å².